The van der Waals surface area contributed by atoms with E-state index in [9.17, 15) is 4.79 Å². The van der Waals surface area contributed by atoms with Crippen molar-refractivity contribution in [3.05, 3.63) is 59.2 Å². The number of amides is 2. The average Bonchev–Trinajstić information content (AvgIpc) is 3.22. The number of carbonyl (C=O) groups is 1. The number of nitrogens with zero attached hydrogens (tertiary/aromatic N) is 2. The average molecular weight is 460 g/mol. The second kappa shape index (κ2) is 9.50. The Balaban J connectivity index is 1.26. The van der Waals surface area contributed by atoms with Crippen LogP contribution in [0.5, 0.6) is 5.75 Å². The van der Waals surface area contributed by atoms with Gasteiger partial charge in [0, 0.05) is 22.7 Å². The summed E-state index contributed by atoms with van der Waals surface area (Å²) in [5, 5.41) is 10.7. The maximum Gasteiger partial charge on any atom is 0.319 e. The third-order valence-corrected chi connectivity index (χ3v) is 6.97. The Morgan fingerprint density at radius 1 is 1.09 bits per heavy atom. The lowest BCUT2D eigenvalue weighted by atomic mass is 10.0. The highest BCUT2D eigenvalue weighted by molar-refractivity contribution is 5.93. The molecule has 0 spiro atoms. The quantitative estimate of drug-likeness (QED) is 0.508. The fourth-order valence-electron chi connectivity index (χ4n) is 5.16. The van der Waals surface area contributed by atoms with Crippen LogP contribution in [0.25, 0.3) is 10.9 Å². The normalized spacial score (nSPS) is 18.5. The molecule has 0 bridgehead atoms. The third kappa shape index (κ3) is 4.80. The van der Waals surface area contributed by atoms with Gasteiger partial charge in [-0.25, -0.2) is 9.78 Å². The summed E-state index contributed by atoms with van der Waals surface area (Å²) < 4.78 is 5.67. The van der Waals surface area contributed by atoms with E-state index in [1.165, 1.54) is 16.7 Å². The summed E-state index contributed by atoms with van der Waals surface area (Å²) in [4.78, 5) is 19.6. The SMILES string of the molecule is COc1cc(C)cc2c1C(Nc1ccc3cc(NC(=O)NC4CCN(C)CC4)ccc3n1)CC2. The number of hydrogen-bond donors (Lipinski definition) is 3. The van der Waals surface area contributed by atoms with Crippen molar-refractivity contribution in [1.82, 2.24) is 15.2 Å². The highest BCUT2D eigenvalue weighted by Crippen LogP contribution is 2.40. The summed E-state index contributed by atoms with van der Waals surface area (Å²) in [7, 11) is 3.85. The first kappa shape index (κ1) is 22.5. The van der Waals surface area contributed by atoms with Crippen LogP contribution in [-0.2, 0) is 6.42 Å². The molecule has 3 aromatic rings. The smallest absolute Gasteiger partial charge is 0.319 e. The van der Waals surface area contributed by atoms with Crippen molar-refractivity contribution in [3.8, 4) is 5.75 Å². The Bertz CT molecular complexity index is 1200. The minimum absolute atomic E-state index is 0.149. The summed E-state index contributed by atoms with van der Waals surface area (Å²) in [6, 6.07) is 14.5. The molecule has 1 unspecified atom stereocenters. The molecule has 1 saturated heterocycles. The number of nitrogens with one attached hydrogen (secondary N) is 3. The lowest BCUT2D eigenvalue weighted by molar-refractivity contribution is 0.221. The molecule has 5 rings (SSSR count). The molecule has 178 valence electrons. The molecule has 1 fully saturated rings. The predicted molar refractivity (Wildman–Crippen MR) is 137 cm³/mol. The van der Waals surface area contributed by atoms with Gasteiger partial charge < -0.3 is 25.6 Å². The first-order valence-electron chi connectivity index (χ1n) is 12.1. The highest BCUT2D eigenvalue weighted by atomic mass is 16.5. The minimum atomic E-state index is -0.149. The van der Waals surface area contributed by atoms with Crippen molar-refractivity contribution >= 4 is 28.4 Å². The third-order valence-electron chi connectivity index (χ3n) is 6.97. The van der Waals surface area contributed by atoms with E-state index in [0.29, 0.717) is 0 Å². The van der Waals surface area contributed by atoms with Crippen molar-refractivity contribution in [2.45, 2.75) is 44.7 Å². The molecule has 3 N–H and O–H groups in total. The van der Waals surface area contributed by atoms with Crippen LogP contribution in [0.3, 0.4) is 0 Å². The van der Waals surface area contributed by atoms with Crippen molar-refractivity contribution in [1.29, 1.82) is 0 Å². The number of piperidine rings is 1. The highest BCUT2D eigenvalue weighted by Gasteiger charge is 2.27. The van der Waals surface area contributed by atoms with E-state index in [2.05, 4.69) is 47.0 Å². The second-order valence-corrected chi connectivity index (χ2v) is 9.56. The number of pyridine rings is 1. The maximum absolute atomic E-state index is 12.4. The van der Waals surface area contributed by atoms with Gasteiger partial charge in [-0.05, 0) is 100 Å². The number of likely N-dealkylation sites (tertiary alicyclic amines) is 1. The molecule has 0 radical (unpaired) electrons. The molecule has 2 aromatic carbocycles. The zero-order chi connectivity index (χ0) is 23.7. The van der Waals surface area contributed by atoms with Gasteiger partial charge in [0.15, 0.2) is 0 Å². The van der Waals surface area contributed by atoms with Crippen LogP contribution < -0.4 is 20.7 Å². The summed E-state index contributed by atoms with van der Waals surface area (Å²) in [5.41, 5.74) is 5.48. The molecular weight excluding hydrogens is 426 g/mol. The van der Waals surface area contributed by atoms with Gasteiger partial charge in [0.05, 0.1) is 18.7 Å². The molecular formula is C27H33N5O2. The molecule has 0 saturated carbocycles. The summed E-state index contributed by atoms with van der Waals surface area (Å²) >= 11 is 0. The number of carbonyl (C=O) groups excluding carboxylic acids is 1. The van der Waals surface area contributed by atoms with Gasteiger partial charge in [0.25, 0.3) is 0 Å². The van der Waals surface area contributed by atoms with Crippen LogP contribution in [0, 0.1) is 6.92 Å². The molecule has 7 heteroatoms. The molecule has 1 aromatic heterocycles. The number of fused-ring (bicyclic) bond motifs is 2. The minimum Gasteiger partial charge on any atom is -0.496 e. The van der Waals surface area contributed by atoms with Gasteiger partial charge >= 0.3 is 6.03 Å². The Morgan fingerprint density at radius 3 is 2.71 bits per heavy atom. The molecule has 7 nitrogen and oxygen atoms in total. The zero-order valence-corrected chi connectivity index (χ0v) is 20.1. The van der Waals surface area contributed by atoms with Crippen molar-refractivity contribution in [3.63, 3.8) is 0 Å². The molecule has 2 aliphatic rings. The van der Waals surface area contributed by atoms with E-state index in [0.717, 1.165) is 66.9 Å². The van der Waals surface area contributed by atoms with E-state index in [4.69, 9.17) is 9.72 Å². The number of benzene rings is 2. The second-order valence-electron chi connectivity index (χ2n) is 9.56. The molecule has 2 amide bonds. The number of aryl methyl sites for hydroxylation is 2. The first-order valence-corrected chi connectivity index (χ1v) is 12.1. The topological polar surface area (TPSA) is 78.5 Å². The zero-order valence-electron chi connectivity index (χ0n) is 20.1. The largest absolute Gasteiger partial charge is 0.496 e. The van der Waals surface area contributed by atoms with Crippen LogP contribution in [0.2, 0.25) is 0 Å². The summed E-state index contributed by atoms with van der Waals surface area (Å²) in [6.07, 6.45) is 4.02. The van der Waals surface area contributed by atoms with Crippen molar-refractivity contribution in [2.75, 3.05) is 37.9 Å². The Hall–Kier alpha value is -3.32. The summed E-state index contributed by atoms with van der Waals surface area (Å²) in [5.74, 6) is 1.79. The van der Waals surface area contributed by atoms with Crippen molar-refractivity contribution < 1.29 is 9.53 Å². The Labute approximate surface area is 200 Å². The predicted octanol–water partition coefficient (Wildman–Crippen LogP) is 4.87. The van der Waals surface area contributed by atoms with Gasteiger partial charge in [-0.2, -0.15) is 0 Å². The van der Waals surface area contributed by atoms with Crippen LogP contribution >= 0.6 is 0 Å². The van der Waals surface area contributed by atoms with E-state index >= 15 is 0 Å². The van der Waals surface area contributed by atoms with Crippen LogP contribution in [0.4, 0.5) is 16.3 Å². The molecule has 1 aliphatic heterocycles. The number of rotatable bonds is 5. The lowest BCUT2D eigenvalue weighted by Gasteiger charge is -2.29. The number of ether oxygens (including phenoxy) is 1. The van der Waals surface area contributed by atoms with Crippen LogP contribution in [0.1, 0.15) is 42.0 Å². The molecule has 2 heterocycles. The summed E-state index contributed by atoms with van der Waals surface area (Å²) in [6.45, 7) is 4.14. The van der Waals surface area contributed by atoms with Crippen LogP contribution in [-0.4, -0.2) is 49.2 Å². The number of aromatic nitrogens is 1. The van der Waals surface area contributed by atoms with Gasteiger partial charge in [-0.15, -0.1) is 0 Å². The van der Waals surface area contributed by atoms with Gasteiger partial charge in [0.2, 0.25) is 0 Å². The van der Waals surface area contributed by atoms with E-state index < -0.39 is 0 Å². The number of hydrogen-bond acceptors (Lipinski definition) is 5. The standard InChI is InChI=1S/C27H33N5O2/c1-17-14-19-4-7-23(26(19)24(15-17)34-3)31-25-9-5-18-16-21(6-8-22(18)30-25)29-27(33)28-20-10-12-32(2)13-11-20/h5-6,8-9,14-16,20,23H,4,7,10-13H2,1-3H3,(H,30,31)(H2,28,29,33). The Kier molecular flexibility index (Phi) is 6.28. The lowest BCUT2D eigenvalue weighted by Crippen LogP contribution is -2.44. The van der Waals surface area contributed by atoms with E-state index in [1.54, 1.807) is 7.11 Å². The maximum atomic E-state index is 12.4. The fourth-order valence-corrected chi connectivity index (χ4v) is 5.16. The van der Waals surface area contributed by atoms with Gasteiger partial charge in [-0.1, -0.05) is 6.07 Å². The molecule has 1 atom stereocenters. The molecule has 1 aliphatic carbocycles. The van der Waals surface area contributed by atoms with E-state index in [1.807, 2.05) is 30.3 Å². The van der Waals surface area contributed by atoms with E-state index in [-0.39, 0.29) is 18.1 Å². The fraction of sp³-hybridized carbons (Fsp3) is 0.407. The first-order chi connectivity index (χ1) is 16.5. The van der Waals surface area contributed by atoms with Crippen molar-refractivity contribution in [2.24, 2.45) is 0 Å². The number of urea groups is 1. The number of anilines is 2. The number of methoxy groups -OCH3 is 1. The van der Waals surface area contributed by atoms with Crippen LogP contribution in [0.15, 0.2) is 42.5 Å². The molecule has 34 heavy (non-hydrogen) atoms. The van der Waals surface area contributed by atoms with Gasteiger partial charge in [0.1, 0.15) is 11.6 Å². The monoisotopic (exact) mass is 459 g/mol. The Morgan fingerprint density at radius 2 is 1.91 bits per heavy atom. The van der Waals surface area contributed by atoms with Gasteiger partial charge in [-0.3, -0.25) is 0 Å².